The van der Waals surface area contributed by atoms with E-state index in [1.807, 2.05) is 10.6 Å². The highest BCUT2D eigenvalue weighted by atomic mass is 32.2. The van der Waals surface area contributed by atoms with Gasteiger partial charge in [0.15, 0.2) is 5.16 Å². The molecule has 5 nitrogen and oxygen atoms in total. The predicted octanol–water partition coefficient (Wildman–Crippen LogP) is 1.44. The Labute approximate surface area is 112 Å². The molecule has 2 N–H and O–H groups in total. The zero-order valence-corrected chi connectivity index (χ0v) is 11.4. The van der Waals surface area contributed by atoms with E-state index in [9.17, 15) is 0 Å². The number of hydrogen-bond donors (Lipinski definition) is 1. The van der Waals surface area contributed by atoms with Crippen molar-refractivity contribution in [1.82, 2.24) is 14.8 Å². The summed E-state index contributed by atoms with van der Waals surface area (Å²) in [5.41, 5.74) is 5.65. The van der Waals surface area contributed by atoms with Crippen LogP contribution in [-0.4, -0.2) is 33.7 Å². The van der Waals surface area contributed by atoms with E-state index in [4.69, 9.17) is 10.5 Å². The van der Waals surface area contributed by atoms with Gasteiger partial charge in [0.25, 0.3) is 0 Å². The molecule has 6 heteroatoms. The Kier molecular flexibility index (Phi) is 5.22. The molecule has 0 bridgehead atoms. The molecule has 0 amide bonds. The van der Waals surface area contributed by atoms with Gasteiger partial charge in [0.2, 0.25) is 0 Å². The van der Waals surface area contributed by atoms with Gasteiger partial charge in [-0.15, -0.1) is 16.8 Å². The van der Waals surface area contributed by atoms with E-state index in [1.54, 1.807) is 11.8 Å². The van der Waals surface area contributed by atoms with Crippen LogP contribution in [0.3, 0.4) is 0 Å². The fourth-order valence-corrected chi connectivity index (χ4v) is 3.10. The third-order valence-electron chi connectivity index (χ3n) is 2.99. The summed E-state index contributed by atoms with van der Waals surface area (Å²) in [6.45, 7) is 6.65. The smallest absolute Gasteiger partial charge is 0.191 e. The van der Waals surface area contributed by atoms with Gasteiger partial charge in [0.05, 0.1) is 13.2 Å². The fraction of sp³-hybridized carbons (Fsp3) is 0.667. The highest BCUT2D eigenvalue weighted by molar-refractivity contribution is 7.99. The van der Waals surface area contributed by atoms with Crippen molar-refractivity contribution in [3.63, 3.8) is 0 Å². The van der Waals surface area contributed by atoms with Gasteiger partial charge in [-0.2, -0.15) is 0 Å². The molecule has 2 heterocycles. The maximum absolute atomic E-state index is 5.65. The van der Waals surface area contributed by atoms with Crippen LogP contribution in [0.4, 0.5) is 0 Å². The number of ether oxygens (including phenoxy) is 1. The number of nitrogens with zero attached hydrogens (tertiary/aromatic N) is 3. The quantitative estimate of drug-likeness (QED) is 0.624. The second kappa shape index (κ2) is 6.92. The lowest BCUT2D eigenvalue weighted by atomic mass is 10.1. The summed E-state index contributed by atoms with van der Waals surface area (Å²) >= 11 is 1.74. The first-order valence-electron chi connectivity index (χ1n) is 6.28. The van der Waals surface area contributed by atoms with Crippen molar-refractivity contribution < 1.29 is 4.74 Å². The van der Waals surface area contributed by atoms with Crippen LogP contribution in [0.5, 0.6) is 0 Å². The molecule has 1 saturated heterocycles. The van der Waals surface area contributed by atoms with E-state index in [0.717, 1.165) is 29.9 Å². The molecule has 0 saturated carbocycles. The molecule has 1 aliphatic heterocycles. The average molecular weight is 268 g/mol. The summed E-state index contributed by atoms with van der Waals surface area (Å²) in [4.78, 5) is 0. The maximum atomic E-state index is 5.65. The predicted molar refractivity (Wildman–Crippen MR) is 72.4 cm³/mol. The highest BCUT2D eigenvalue weighted by Gasteiger charge is 2.17. The normalized spacial score (nSPS) is 19.9. The van der Waals surface area contributed by atoms with Crippen molar-refractivity contribution in [2.45, 2.75) is 31.1 Å². The summed E-state index contributed by atoms with van der Waals surface area (Å²) in [6.07, 6.45) is 4.25. The standard InChI is InChI=1S/C12H20N4OS/c1-2-5-16-11(7-13)14-15-12(16)18-9-10-4-3-6-17-8-10/h2,10H,1,3-9,13H2/t10-/m1/s1. The number of rotatable bonds is 6. The van der Waals surface area contributed by atoms with E-state index >= 15 is 0 Å². The minimum absolute atomic E-state index is 0.411. The lowest BCUT2D eigenvalue weighted by Gasteiger charge is -2.21. The monoisotopic (exact) mass is 268 g/mol. The summed E-state index contributed by atoms with van der Waals surface area (Å²) in [7, 11) is 0. The average Bonchev–Trinajstić information content (AvgIpc) is 2.80. The Morgan fingerprint density at radius 2 is 2.44 bits per heavy atom. The topological polar surface area (TPSA) is 66.0 Å². The molecular weight excluding hydrogens is 248 g/mol. The molecule has 1 aromatic rings. The zero-order chi connectivity index (χ0) is 12.8. The molecule has 2 rings (SSSR count). The van der Waals surface area contributed by atoms with Gasteiger partial charge >= 0.3 is 0 Å². The Morgan fingerprint density at radius 3 is 3.11 bits per heavy atom. The molecular formula is C12H20N4OS. The molecule has 100 valence electrons. The second-order valence-electron chi connectivity index (χ2n) is 4.40. The largest absolute Gasteiger partial charge is 0.381 e. The Bertz CT molecular complexity index is 387. The molecule has 0 spiro atoms. The van der Waals surface area contributed by atoms with Gasteiger partial charge < -0.3 is 15.0 Å². The van der Waals surface area contributed by atoms with E-state index < -0.39 is 0 Å². The van der Waals surface area contributed by atoms with Crippen LogP contribution >= 0.6 is 11.8 Å². The third-order valence-corrected chi connectivity index (χ3v) is 4.19. The maximum Gasteiger partial charge on any atom is 0.191 e. The first-order valence-corrected chi connectivity index (χ1v) is 7.27. The molecule has 0 aliphatic carbocycles. The van der Waals surface area contributed by atoms with Gasteiger partial charge in [-0.1, -0.05) is 17.8 Å². The van der Waals surface area contributed by atoms with Gasteiger partial charge in [-0.3, -0.25) is 0 Å². The zero-order valence-electron chi connectivity index (χ0n) is 10.5. The van der Waals surface area contributed by atoms with Crippen molar-refractivity contribution in [2.24, 2.45) is 11.7 Å². The van der Waals surface area contributed by atoms with Crippen LogP contribution in [0.2, 0.25) is 0 Å². The fourth-order valence-electron chi connectivity index (χ4n) is 2.02. The third kappa shape index (κ3) is 3.34. The Balaban J connectivity index is 1.95. The van der Waals surface area contributed by atoms with Gasteiger partial charge in [0, 0.05) is 18.9 Å². The van der Waals surface area contributed by atoms with E-state index in [1.165, 1.54) is 12.8 Å². The van der Waals surface area contributed by atoms with Gasteiger partial charge in [-0.05, 0) is 18.8 Å². The van der Waals surface area contributed by atoms with Crippen molar-refractivity contribution in [3.05, 3.63) is 18.5 Å². The van der Waals surface area contributed by atoms with Crippen LogP contribution in [0.25, 0.3) is 0 Å². The number of aromatic nitrogens is 3. The lowest BCUT2D eigenvalue weighted by molar-refractivity contribution is 0.0632. The summed E-state index contributed by atoms with van der Waals surface area (Å²) < 4.78 is 7.51. The number of nitrogens with two attached hydrogens (primary N) is 1. The molecule has 1 aliphatic rings. The molecule has 1 atom stereocenters. The molecule has 1 aromatic heterocycles. The highest BCUT2D eigenvalue weighted by Crippen LogP contribution is 2.24. The number of allylic oxidation sites excluding steroid dienone is 1. The van der Waals surface area contributed by atoms with E-state index in [2.05, 4.69) is 16.8 Å². The van der Waals surface area contributed by atoms with Crippen LogP contribution in [0.15, 0.2) is 17.8 Å². The lowest BCUT2D eigenvalue weighted by Crippen LogP contribution is -2.19. The summed E-state index contributed by atoms with van der Waals surface area (Å²) in [5, 5.41) is 9.23. The molecule has 0 radical (unpaired) electrons. The van der Waals surface area contributed by atoms with Crippen LogP contribution in [-0.2, 0) is 17.8 Å². The molecule has 18 heavy (non-hydrogen) atoms. The van der Waals surface area contributed by atoms with E-state index in [-0.39, 0.29) is 0 Å². The SMILES string of the molecule is C=CCn1c(CN)nnc1SC[C@@H]1CCCOC1. The summed E-state index contributed by atoms with van der Waals surface area (Å²) in [6, 6.07) is 0. The Morgan fingerprint density at radius 1 is 1.56 bits per heavy atom. The first kappa shape index (κ1) is 13.6. The van der Waals surface area contributed by atoms with Gasteiger partial charge in [-0.25, -0.2) is 0 Å². The molecule has 1 fully saturated rings. The molecule has 0 unspecified atom stereocenters. The van der Waals surface area contributed by atoms with Crippen molar-refractivity contribution in [3.8, 4) is 0 Å². The van der Waals surface area contributed by atoms with Crippen LogP contribution < -0.4 is 5.73 Å². The Hall–Kier alpha value is -0.850. The van der Waals surface area contributed by atoms with E-state index in [0.29, 0.717) is 19.0 Å². The van der Waals surface area contributed by atoms with Crippen molar-refractivity contribution >= 4 is 11.8 Å². The second-order valence-corrected chi connectivity index (χ2v) is 5.38. The van der Waals surface area contributed by atoms with Crippen LogP contribution in [0, 0.1) is 5.92 Å². The molecule has 0 aromatic carbocycles. The number of hydrogen-bond acceptors (Lipinski definition) is 5. The van der Waals surface area contributed by atoms with Crippen LogP contribution in [0.1, 0.15) is 18.7 Å². The van der Waals surface area contributed by atoms with Crippen molar-refractivity contribution in [1.29, 1.82) is 0 Å². The minimum Gasteiger partial charge on any atom is -0.381 e. The summed E-state index contributed by atoms with van der Waals surface area (Å²) in [5.74, 6) is 2.47. The van der Waals surface area contributed by atoms with Crippen molar-refractivity contribution in [2.75, 3.05) is 19.0 Å². The minimum atomic E-state index is 0.411. The van der Waals surface area contributed by atoms with Gasteiger partial charge in [0.1, 0.15) is 5.82 Å². The first-order chi connectivity index (χ1) is 8.85. The number of thioether (sulfide) groups is 1.